The van der Waals surface area contributed by atoms with Crippen molar-refractivity contribution in [3.63, 3.8) is 0 Å². The van der Waals surface area contributed by atoms with Crippen LogP contribution in [0.1, 0.15) is 16.7 Å². The molecule has 0 fully saturated rings. The summed E-state index contributed by atoms with van der Waals surface area (Å²) in [5, 5.41) is 11.8. The first-order valence-corrected chi connectivity index (χ1v) is 8.29. The molecule has 0 saturated heterocycles. The molecule has 0 aliphatic rings. The molecule has 0 atom stereocenters. The fraction of sp³-hybridized carbons (Fsp3) is 0.0952. The van der Waals surface area contributed by atoms with E-state index in [-0.39, 0.29) is 23.4 Å². The maximum absolute atomic E-state index is 13.3. The Balaban J connectivity index is 1.88. The van der Waals surface area contributed by atoms with Crippen molar-refractivity contribution in [1.29, 1.82) is 0 Å². The first-order chi connectivity index (χ1) is 12.8. The van der Waals surface area contributed by atoms with Gasteiger partial charge in [0.1, 0.15) is 5.75 Å². The summed E-state index contributed by atoms with van der Waals surface area (Å²) in [7, 11) is 0. The zero-order chi connectivity index (χ0) is 19.2. The number of phenolic OH excluding ortho intramolecular Hbond substituents is 1. The van der Waals surface area contributed by atoms with Gasteiger partial charge in [-0.15, -0.1) is 0 Å². The van der Waals surface area contributed by atoms with Crippen LogP contribution < -0.4 is 5.73 Å². The molecule has 0 saturated carbocycles. The highest BCUT2D eigenvalue weighted by molar-refractivity contribution is 5.99. The number of rotatable bonds is 2. The molecule has 0 radical (unpaired) electrons. The van der Waals surface area contributed by atoms with Gasteiger partial charge in [0, 0.05) is 17.2 Å². The van der Waals surface area contributed by atoms with Gasteiger partial charge in [-0.2, -0.15) is 13.2 Å². The number of para-hydroxylation sites is 1. The summed E-state index contributed by atoms with van der Waals surface area (Å²) in [5.41, 5.74) is 7.11. The minimum Gasteiger partial charge on any atom is -0.505 e. The number of benzene rings is 3. The van der Waals surface area contributed by atoms with Crippen molar-refractivity contribution in [3.8, 4) is 5.75 Å². The Kier molecular flexibility index (Phi) is 3.91. The van der Waals surface area contributed by atoms with Crippen LogP contribution in [0, 0.1) is 0 Å². The van der Waals surface area contributed by atoms with E-state index in [0.717, 1.165) is 17.0 Å². The van der Waals surface area contributed by atoms with Crippen molar-refractivity contribution in [2.45, 2.75) is 12.6 Å². The number of nitrogen functional groups attached to an aromatic ring is 1. The Morgan fingerprint density at radius 3 is 2.37 bits per heavy atom. The van der Waals surface area contributed by atoms with Crippen LogP contribution in [-0.2, 0) is 12.6 Å². The fourth-order valence-corrected chi connectivity index (χ4v) is 3.27. The molecule has 136 valence electrons. The molecular formula is C21H15F3N2O. The molecule has 1 heterocycles. The molecule has 0 aliphatic heterocycles. The summed E-state index contributed by atoms with van der Waals surface area (Å²) in [5.74, 6) is -0.162. The second kappa shape index (κ2) is 6.16. The van der Waals surface area contributed by atoms with Crippen LogP contribution in [0.25, 0.3) is 21.8 Å². The number of phenols is 1. The van der Waals surface area contributed by atoms with Gasteiger partial charge < -0.3 is 10.8 Å². The summed E-state index contributed by atoms with van der Waals surface area (Å²) in [6.07, 6.45) is -4.52. The molecule has 4 rings (SSSR count). The van der Waals surface area contributed by atoms with E-state index >= 15 is 0 Å². The van der Waals surface area contributed by atoms with Gasteiger partial charge in [-0.3, -0.25) is 0 Å². The zero-order valence-electron chi connectivity index (χ0n) is 14.1. The Hall–Kier alpha value is -3.28. The number of fused-ring (bicyclic) bond motifs is 2. The Morgan fingerprint density at radius 2 is 1.59 bits per heavy atom. The Labute approximate surface area is 152 Å². The highest BCUT2D eigenvalue weighted by Crippen LogP contribution is 2.38. The number of hydrogen-bond acceptors (Lipinski definition) is 3. The third-order valence-electron chi connectivity index (χ3n) is 4.62. The van der Waals surface area contributed by atoms with E-state index in [2.05, 4.69) is 4.98 Å². The average Bonchev–Trinajstić information content (AvgIpc) is 2.64. The van der Waals surface area contributed by atoms with Gasteiger partial charge in [0.2, 0.25) is 0 Å². The van der Waals surface area contributed by atoms with Crippen molar-refractivity contribution >= 4 is 27.5 Å². The van der Waals surface area contributed by atoms with Crippen molar-refractivity contribution in [3.05, 3.63) is 77.4 Å². The van der Waals surface area contributed by atoms with Gasteiger partial charge in [-0.25, -0.2) is 4.98 Å². The van der Waals surface area contributed by atoms with Crippen LogP contribution in [0.15, 0.2) is 60.7 Å². The van der Waals surface area contributed by atoms with Gasteiger partial charge in [0.25, 0.3) is 0 Å². The van der Waals surface area contributed by atoms with Crippen molar-refractivity contribution in [2.24, 2.45) is 0 Å². The second-order valence-corrected chi connectivity index (χ2v) is 6.38. The van der Waals surface area contributed by atoms with Gasteiger partial charge in [0.15, 0.2) is 0 Å². The molecule has 3 aromatic carbocycles. The number of aromatic hydroxyl groups is 1. The number of pyridine rings is 1. The topological polar surface area (TPSA) is 59.1 Å². The number of aromatic nitrogens is 1. The van der Waals surface area contributed by atoms with Gasteiger partial charge in [-0.1, -0.05) is 36.4 Å². The average molecular weight is 368 g/mol. The van der Waals surface area contributed by atoms with Crippen LogP contribution in [0.5, 0.6) is 5.75 Å². The normalized spacial score (nSPS) is 12.0. The first-order valence-electron chi connectivity index (χ1n) is 8.29. The Bertz CT molecular complexity index is 1170. The molecule has 4 aromatic rings. The lowest BCUT2D eigenvalue weighted by Crippen LogP contribution is -2.10. The molecule has 0 amide bonds. The van der Waals surface area contributed by atoms with E-state index < -0.39 is 11.7 Å². The number of nitrogens with zero attached hydrogens (tertiary/aromatic N) is 1. The Morgan fingerprint density at radius 1 is 0.889 bits per heavy atom. The summed E-state index contributed by atoms with van der Waals surface area (Å²) >= 11 is 0. The van der Waals surface area contributed by atoms with E-state index in [1.54, 1.807) is 18.2 Å². The lowest BCUT2D eigenvalue weighted by Gasteiger charge is -2.15. The largest absolute Gasteiger partial charge is 0.505 e. The zero-order valence-corrected chi connectivity index (χ0v) is 14.1. The summed E-state index contributed by atoms with van der Waals surface area (Å²) < 4.78 is 39.8. The smallest absolute Gasteiger partial charge is 0.416 e. The molecule has 0 aliphatic carbocycles. The van der Waals surface area contributed by atoms with E-state index in [0.29, 0.717) is 16.5 Å². The van der Waals surface area contributed by atoms with Crippen molar-refractivity contribution < 1.29 is 18.3 Å². The molecule has 0 bridgehead atoms. The van der Waals surface area contributed by atoms with Gasteiger partial charge >= 0.3 is 6.18 Å². The summed E-state index contributed by atoms with van der Waals surface area (Å²) in [4.78, 5) is 4.52. The number of halogens is 3. The lowest BCUT2D eigenvalue weighted by molar-refractivity contribution is -0.138. The van der Waals surface area contributed by atoms with Crippen LogP contribution in [-0.4, -0.2) is 10.1 Å². The molecule has 0 unspecified atom stereocenters. The van der Waals surface area contributed by atoms with Crippen LogP contribution in [0.2, 0.25) is 0 Å². The van der Waals surface area contributed by atoms with E-state index in [4.69, 9.17) is 5.73 Å². The third kappa shape index (κ3) is 3.03. The summed E-state index contributed by atoms with van der Waals surface area (Å²) in [6.45, 7) is 0. The molecule has 6 heteroatoms. The second-order valence-electron chi connectivity index (χ2n) is 6.38. The minimum atomic E-state index is -4.46. The van der Waals surface area contributed by atoms with E-state index in [9.17, 15) is 18.3 Å². The quantitative estimate of drug-likeness (QED) is 0.287. The van der Waals surface area contributed by atoms with Crippen molar-refractivity contribution in [2.75, 3.05) is 5.73 Å². The molecule has 27 heavy (non-hydrogen) atoms. The molecule has 0 spiro atoms. The molecule has 1 aromatic heterocycles. The maximum Gasteiger partial charge on any atom is 0.416 e. The fourth-order valence-electron chi connectivity index (χ4n) is 3.27. The SMILES string of the molecule is Nc1c(Cc2ccccc2C(F)(F)F)cc2nc3ccccc3cc2c1O. The first kappa shape index (κ1) is 17.1. The van der Waals surface area contributed by atoms with Crippen LogP contribution in [0.3, 0.4) is 0 Å². The lowest BCUT2D eigenvalue weighted by atomic mass is 9.96. The van der Waals surface area contributed by atoms with Crippen LogP contribution in [0.4, 0.5) is 18.9 Å². The van der Waals surface area contributed by atoms with Crippen molar-refractivity contribution in [1.82, 2.24) is 4.98 Å². The standard InChI is InChI=1S/C21H15F3N2O/c22-21(23,24)16-7-3-1-5-12(16)9-14-11-18-15(20(27)19(14)25)10-13-6-2-4-8-17(13)26-18/h1-8,10-11,27H,9,25H2. The summed E-state index contributed by atoms with van der Waals surface area (Å²) in [6, 6.07) is 16.2. The monoisotopic (exact) mass is 368 g/mol. The minimum absolute atomic E-state index is 0.0560. The number of hydrogen-bond donors (Lipinski definition) is 2. The predicted octanol–water partition coefficient (Wildman–Crippen LogP) is 5.29. The van der Waals surface area contributed by atoms with Crippen LogP contribution >= 0.6 is 0 Å². The number of nitrogens with two attached hydrogens (primary N) is 1. The molecular weight excluding hydrogens is 353 g/mol. The highest BCUT2D eigenvalue weighted by Gasteiger charge is 2.33. The van der Waals surface area contributed by atoms with E-state index in [1.807, 2.05) is 24.3 Å². The third-order valence-corrected chi connectivity index (χ3v) is 4.62. The van der Waals surface area contributed by atoms with Gasteiger partial charge in [0.05, 0.1) is 22.3 Å². The molecule has 3 nitrogen and oxygen atoms in total. The maximum atomic E-state index is 13.3. The predicted molar refractivity (Wildman–Crippen MR) is 99.6 cm³/mol. The highest BCUT2D eigenvalue weighted by atomic mass is 19.4. The number of alkyl halides is 3. The number of anilines is 1. The van der Waals surface area contributed by atoms with Gasteiger partial charge in [-0.05, 0) is 35.4 Å². The molecule has 3 N–H and O–H groups in total. The van der Waals surface area contributed by atoms with E-state index in [1.165, 1.54) is 12.1 Å².